The summed E-state index contributed by atoms with van der Waals surface area (Å²) >= 11 is 0. The lowest BCUT2D eigenvalue weighted by atomic mass is 9.99. The van der Waals surface area contributed by atoms with E-state index in [0.29, 0.717) is 12.2 Å². The van der Waals surface area contributed by atoms with Crippen molar-refractivity contribution in [2.45, 2.75) is 32.4 Å². The van der Waals surface area contributed by atoms with Gasteiger partial charge >= 0.3 is 5.97 Å². The third kappa shape index (κ3) is 4.22. The second kappa shape index (κ2) is 8.08. The molecule has 1 unspecified atom stereocenters. The van der Waals surface area contributed by atoms with E-state index >= 15 is 0 Å². The summed E-state index contributed by atoms with van der Waals surface area (Å²) in [5.41, 5.74) is 6.65. The topological polar surface area (TPSA) is 41.6 Å². The van der Waals surface area contributed by atoms with Gasteiger partial charge in [-0.1, -0.05) is 42.5 Å². The molecule has 0 amide bonds. The van der Waals surface area contributed by atoms with E-state index in [1.54, 1.807) is 0 Å². The number of hydrogen-bond donors (Lipinski definition) is 1. The Bertz CT molecular complexity index is 672. The molecule has 1 fully saturated rings. The van der Waals surface area contributed by atoms with Gasteiger partial charge in [0.1, 0.15) is 0 Å². The van der Waals surface area contributed by atoms with Crippen LogP contribution in [-0.4, -0.2) is 24.1 Å². The lowest BCUT2D eigenvalue weighted by molar-refractivity contribution is 0.0526. The first-order valence-electron chi connectivity index (χ1n) is 8.58. The van der Waals surface area contributed by atoms with Crippen LogP contribution in [0.25, 0.3) is 0 Å². The van der Waals surface area contributed by atoms with Gasteiger partial charge in [-0.05, 0) is 43.0 Å². The first-order chi connectivity index (χ1) is 11.8. The Morgan fingerprint density at radius 3 is 2.83 bits per heavy atom. The summed E-state index contributed by atoms with van der Waals surface area (Å²) in [7, 11) is 0. The highest BCUT2D eigenvalue weighted by Gasteiger charge is 2.21. The van der Waals surface area contributed by atoms with E-state index in [1.807, 2.05) is 31.2 Å². The molecule has 1 atom stereocenters. The predicted molar refractivity (Wildman–Crippen MR) is 94.4 cm³/mol. The SMILES string of the molecule is CCOC(=O)c1cccc(C2CCCN(Cc3ccccc3)N2)c1. The minimum absolute atomic E-state index is 0.233. The standard InChI is InChI=1S/C20H24N2O2/c1-2-24-20(23)18-11-6-10-17(14-18)19-12-7-13-22(21-19)15-16-8-4-3-5-9-16/h3-6,8-11,14,19,21H,2,7,12-13,15H2,1H3. The molecule has 1 saturated heterocycles. The van der Waals surface area contributed by atoms with Crippen molar-refractivity contribution in [1.29, 1.82) is 0 Å². The van der Waals surface area contributed by atoms with E-state index < -0.39 is 0 Å². The summed E-state index contributed by atoms with van der Waals surface area (Å²) in [6.07, 6.45) is 2.20. The van der Waals surface area contributed by atoms with Crippen molar-refractivity contribution in [3.63, 3.8) is 0 Å². The van der Waals surface area contributed by atoms with Crippen LogP contribution in [0.5, 0.6) is 0 Å². The van der Waals surface area contributed by atoms with Crippen molar-refractivity contribution in [2.24, 2.45) is 0 Å². The van der Waals surface area contributed by atoms with Crippen molar-refractivity contribution in [1.82, 2.24) is 10.4 Å². The average molecular weight is 324 g/mol. The molecule has 0 radical (unpaired) electrons. The van der Waals surface area contributed by atoms with E-state index in [0.717, 1.165) is 31.5 Å². The van der Waals surface area contributed by atoms with E-state index in [2.05, 4.69) is 40.8 Å². The van der Waals surface area contributed by atoms with Crippen LogP contribution in [0.2, 0.25) is 0 Å². The third-order valence-corrected chi connectivity index (χ3v) is 4.28. The van der Waals surface area contributed by atoms with Gasteiger partial charge in [-0.25, -0.2) is 15.2 Å². The van der Waals surface area contributed by atoms with Gasteiger partial charge < -0.3 is 4.74 Å². The Morgan fingerprint density at radius 1 is 1.21 bits per heavy atom. The molecule has 2 aromatic rings. The van der Waals surface area contributed by atoms with Crippen LogP contribution >= 0.6 is 0 Å². The highest BCUT2D eigenvalue weighted by molar-refractivity contribution is 5.89. The van der Waals surface area contributed by atoms with Crippen molar-refractivity contribution >= 4 is 5.97 Å². The summed E-state index contributed by atoms with van der Waals surface area (Å²) in [5, 5.41) is 2.26. The fourth-order valence-corrected chi connectivity index (χ4v) is 3.10. The number of nitrogens with one attached hydrogen (secondary N) is 1. The Balaban J connectivity index is 1.68. The zero-order valence-electron chi connectivity index (χ0n) is 14.1. The van der Waals surface area contributed by atoms with Crippen LogP contribution in [0.15, 0.2) is 54.6 Å². The van der Waals surface area contributed by atoms with E-state index in [9.17, 15) is 4.79 Å². The molecular weight excluding hydrogens is 300 g/mol. The number of carbonyl (C=O) groups is 1. The van der Waals surface area contributed by atoms with Gasteiger partial charge in [-0.3, -0.25) is 0 Å². The number of rotatable bonds is 5. The monoisotopic (exact) mass is 324 g/mol. The van der Waals surface area contributed by atoms with Crippen LogP contribution in [0.4, 0.5) is 0 Å². The van der Waals surface area contributed by atoms with E-state index in [-0.39, 0.29) is 12.0 Å². The molecule has 0 saturated carbocycles. The summed E-state index contributed by atoms with van der Waals surface area (Å²) < 4.78 is 5.10. The van der Waals surface area contributed by atoms with Gasteiger partial charge in [0, 0.05) is 19.1 Å². The van der Waals surface area contributed by atoms with Crippen LogP contribution in [-0.2, 0) is 11.3 Å². The number of esters is 1. The maximum absolute atomic E-state index is 11.9. The van der Waals surface area contributed by atoms with Crippen molar-refractivity contribution in [3.8, 4) is 0 Å². The zero-order valence-corrected chi connectivity index (χ0v) is 14.1. The first-order valence-corrected chi connectivity index (χ1v) is 8.58. The first kappa shape index (κ1) is 16.7. The number of ether oxygens (including phenoxy) is 1. The van der Waals surface area contributed by atoms with Gasteiger partial charge in [-0.15, -0.1) is 0 Å². The Kier molecular flexibility index (Phi) is 5.62. The van der Waals surface area contributed by atoms with Crippen LogP contribution in [0, 0.1) is 0 Å². The van der Waals surface area contributed by atoms with Crippen LogP contribution in [0.1, 0.15) is 47.3 Å². The molecule has 4 heteroatoms. The number of hydrogen-bond acceptors (Lipinski definition) is 4. The minimum atomic E-state index is -0.253. The number of nitrogens with zero attached hydrogens (tertiary/aromatic N) is 1. The van der Waals surface area contributed by atoms with Gasteiger partial charge in [0.25, 0.3) is 0 Å². The van der Waals surface area contributed by atoms with Gasteiger partial charge in [0.15, 0.2) is 0 Å². The average Bonchev–Trinajstić information content (AvgIpc) is 2.63. The quantitative estimate of drug-likeness (QED) is 0.852. The lowest BCUT2D eigenvalue weighted by Crippen LogP contribution is -2.44. The van der Waals surface area contributed by atoms with Crippen LogP contribution < -0.4 is 5.43 Å². The fraction of sp³-hybridized carbons (Fsp3) is 0.350. The lowest BCUT2D eigenvalue weighted by Gasteiger charge is -2.34. The molecule has 1 aliphatic heterocycles. The third-order valence-electron chi connectivity index (χ3n) is 4.28. The zero-order chi connectivity index (χ0) is 16.8. The van der Waals surface area contributed by atoms with E-state index in [4.69, 9.17) is 4.74 Å². The number of carbonyl (C=O) groups excluding carboxylic acids is 1. The highest BCUT2D eigenvalue weighted by Crippen LogP contribution is 2.24. The molecule has 126 valence electrons. The van der Waals surface area contributed by atoms with E-state index in [1.165, 1.54) is 5.56 Å². The summed E-state index contributed by atoms with van der Waals surface area (Å²) in [6.45, 7) is 4.14. The minimum Gasteiger partial charge on any atom is -0.462 e. The second-order valence-corrected chi connectivity index (χ2v) is 6.08. The predicted octanol–water partition coefficient (Wildman–Crippen LogP) is 3.71. The second-order valence-electron chi connectivity index (χ2n) is 6.08. The Hall–Kier alpha value is -2.17. The molecule has 0 aliphatic carbocycles. The molecule has 1 heterocycles. The van der Waals surface area contributed by atoms with Crippen molar-refractivity contribution in [2.75, 3.05) is 13.2 Å². The maximum atomic E-state index is 11.9. The summed E-state index contributed by atoms with van der Waals surface area (Å²) in [4.78, 5) is 11.9. The molecule has 3 rings (SSSR count). The summed E-state index contributed by atoms with van der Waals surface area (Å²) in [5.74, 6) is -0.253. The molecule has 0 aromatic heterocycles. The smallest absolute Gasteiger partial charge is 0.338 e. The number of hydrazine groups is 1. The van der Waals surface area contributed by atoms with Gasteiger partial charge in [0.05, 0.1) is 12.2 Å². The molecular formula is C20H24N2O2. The fourth-order valence-electron chi connectivity index (χ4n) is 3.10. The molecule has 4 nitrogen and oxygen atoms in total. The number of benzene rings is 2. The maximum Gasteiger partial charge on any atom is 0.338 e. The molecule has 0 bridgehead atoms. The molecule has 24 heavy (non-hydrogen) atoms. The van der Waals surface area contributed by atoms with Gasteiger partial charge in [-0.2, -0.15) is 0 Å². The van der Waals surface area contributed by atoms with Crippen LogP contribution in [0.3, 0.4) is 0 Å². The van der Waals surface area contributed by atoms with Gasteiger partial charge in [0.2, 0.25) is 0 Å². The largest absolute Gasteiger partial charge is 0.462 e. The Labute approximate surface area is 143 Å². The molecule has 2 aromatic carbocycles. The Morgan fingerprint density at radius 2 is 2.04 bits per heavy atom. The van der Waals surface area contributed by atoms with Crippen molar-refractivity contribution in [3.05, 3.63) is 71.3 Å². The normalized spacial score (nSPS) is 18.3. The van der Waals surface area contributed by atoms with Crippen molar-refractivity contribution < 1.29 is 9.53 Å². The molecule has 0 spiro atoms. The molecule has 1 aliphatic rings. The molecule has 1 N–H and O–H groups in total. The summed E-state index contributed by atoms with van der Waals surface area (Å²) in [6, 6.07) is 18.5. The highest BCUT2D eigenvalue weighted by atomic mass is 16.5.